The molecule has 2 aromatic rings. The Hall–Kier alpha value is -2.37. The second kappa shape index (κ2) is 8.14. The van der Waals surface area contributed by atoms with E-state index in [4.69, 9.17) is 4.74 Å². The van der Waals surface area contributed by atoms with Crippen molar-refractivity contribution in [3.05, 3.63) is 58.1 Å². The maximum absolute atomic E-state index is 11.8. The lowest BCUT2D eigenvalue weighted by Gasteiger charge is -2.21. The number of carbonyl (C=O) groups is 1. The van der Waals surface area contributed by atoms with Crippen molar-refractivity contribution in [3.8, 4) is 5.75 Å². The van der Waals surface area contributed by atoms with Crippen LogP contribution < -0.4 is 9.80 Å². The lowest BCUT2D eigenvalue weighted by Crippen LogP contribution is -2.27. The van der Waals surface area contributed by atoms with E-state index in [1.807, 2.05) is 26.8 Å². The molecule has 0 aliphatic rings. The number of aliphatic hydroxyl groups is 1. The average molecular weight is 343 g/mol. The van der Waals surface area contributed by atoms with Gasteiger partial charge in [-0.3, -0.25) is 10.0 Å². The molecule has 5 heteroatoms. The third-order valence-electron chi connectivity index (χ3n) is 4.35. The molecule has 0 aliphatic heterocycles. The maximum atomic E-state index is 11.8. The van der Waals surface area contributed by atoms with Crippen LogP contribution in [0.1, 0.15) is 41.2 Å². The van der Waals surface area contributed by atoms with Crippen LogP contribution in [0, 0.1) is 20.8 Å². The van der Waals surface area contributed by atoms with E-state index in [0.717, 1.165) is 16.9 Å². The summed E-state index contributed by atoms with van der Waals surface area (Å²) in [6.07, 6.45) is 0.177. The van der Waals surface area contributed by atoms with Gasteiger partial charge in [0.2, 0.25) is 5.91 Å². The largest absolute Gasteiger partial charge is 0.489 e. The Kier molecular flexibility index (Phi) is 6.17. The summed E-state index contributed by atoms with van der Waals surface area (Å²) < 4.78 is 5.95. The van der Waals surface area contributed by atoms with Crippen LogP contribution in [0.2, 0.25) is 0 Å². The highest BCUT2D eigenvalue weighted by Gasteiger charge is 2.18. The van der Waals surface area contributed by atoms with E-state index in [2.05, 4.69) is 6.07 Å². The summed E-state index contributed by atoms with van der Waals surface area (Å²) in [5.41, 5.74) is 4.86. The molecule has 0 saturated carbocycles. The van der Waals surface area contributed by atoms with Gasteiger partial charge < -0.3 is 9.84 Å². The number of amides is 1. The zero-order valence-electron chi connectivity index (χ0n) is 15.2. The van der Waals surface area contributed by atoms with Gasteiger partial charge in [-0.15, -0.1) is 0 Å². The number of nitrogens with zero attached hydrogens (tertiary/aromatic N) is 1. The van der Waals surface area contributed by atoms with Crippen LogP contribution in [0.4, 0.5) is 5.69 Å². The minimum atomic E-state index is -0.418. The highest BCUT2D eigenvalue weighted by Crippen LogP contribution is 2.28. The summed E-state index contributed by atoms with van der Waals surface area (Å²) in [7, 11) is 0. The summed E-state index contributed by atoms with van der Waals surface area (Å²) in [6.45, 7) is 7.65. The van der Waals surface area contributed by atoms with Gasteiger partial charge in [0.15, 0.2) is 0 Å². The molecule has 2 aromatic carbocycles. The number of ether oxygens (including phenoxy) is 1. The van der Waals surface area contributed by atoms with Crippen LogP contribution in [-0.4, -0.2) is 16.2 Å². The van der Waals surface area contributed by atoms with Crippen molar-refractivity contribution in [2.24, 2.45) is 0 Å². The van der Waals surface area contributed by atoms with Crippen molar-refractivity contribution in [1.82, 2.24) is 0 Å². The average Bonchev–Trinajstić information content (AvgIpc) is 2.61. The number of hydrogen-bond acceptors (Lipinski definition) is 4. The van der Waals surface area contributed by atoms with Crippen LogP contribution in [0.5, 0.6) is 5.75 Å². The Balaban J connectivity index is 2.35. The Bertz CT molecular complexity index is 771. The van der Waals surface area contributed by atoms with Crippen molar-refractivity contribution < 1.29 is 19.8 Å². The lowest BCUT2D eigenvalue weighted by atomic mass is 10.0. The first kappa shape index (κ1) is 19.0. The first-order valence-electron chi connectivity index (χ1n) is 8.33. The highest BCUT2D eigenvalue weighted by atomic mass is 16.5. The van der Waals surface area contributed by atoms with Crippen LogP contribution in [0.3, 0.4) is 0 Å². The monoisotopic (exact) mass is 343 g/mol. The van der Waals surface area contributed by atoms with Crippen molar-refractivity contribution in [2.75, 3.05) is 5.06 Å². The molecular formula is C20H25NO4. The highest BCUT2D eigenvalue weighted by molar-refractivity contribution is 5.91. The molecule has 0 spiro atoms. The quantitative estimate of drug-likeness (QED) is 0.618. The normalized spacial score (nSPS) is 10.6. The van der Waals surface area contributed by atoms with E-state index in [1.165, 1.54) is 5.56 Å². The summed E-state index contributed by atoms with van der Waals surface area (Å²) in [5, 5.41) is 20.4. The molecule has 0 saturated heterocycles. The minimum Gasteiger partial charge on any atom is -0.489 e. The molecule has 0 aliphatic carbocycles. The Morgan fingerprint density at radius 2 is 1.80 bits per heavy atom. The lowest BCUT2D eigenvalue weighted by molar-refractivity contribution is -0.123. The third-order valence-corrected chi connectivity index (χ3v) is 4.35. The first-order valence-corrected chi connectivity index (χ1v) is 8.33. The molecule has 0 radical (unpaired) electrons. The number of anilines is 1. The second-order valence-corrected chi connectivity index (χ2v) is 6.12. The molecule has 0 aromatic heterocycles. The molecular weight excluding hydrogens is 318 g/mol. The molecule has 25 heavy (non-hydrogen) atoms. The van der Waals surface area contributed by atoms with E-state index in [9.17, 15) is 15.1 Å². The van der Waals surface area contributed by atoms with E-state index in [1.54, 1.807) is 25.1 Å². The van der Waals surface area contributed by atoms with Crippen molar-refractivity contribution in [1.29, 1.82) is 0 Å². The smallest absolute Gasteiger partial charge is 0.250 e. The molecule has 5 nitrogen and oxygen atoms in total. The Morgan fingerprint density at radius 3 is 2.44 bits per heavy atom. The van der Waals surface area contributed by atoms with Crippen molar-refractivity contribution in [2.45, 2.75) is 47.3 Å². The predicted molar refractivity (Wildman–Crippen MR) is 96.9 cm³/mol. The first-order chi connectivity index (χ1) is 11.9. The number of aryl methyl sites for hydroxylation is 3. The van der Waals surface area contributed by atoms with Gasteiger partial charge in [0.05, 0.1) is 12.3 Å². The standard InChI is InChI=1S/C20H25NO4/c1-5-20(23)21(24)18-8-6-7-16(11-22)17(18)12-25-19-10-14(3)13(2)9-15(19)4/h6-10,22,24H,5,11-12H2,1-4H3. The molecule has 2 N–H and O–H groups in total. The summed E-state index contributed by atoms with van der Waals surface area (Å²) in [5.74, 6) is 0.326. The number of hydroxylamine groups is 1. The predicted octanol–water partition coefficient (Wildman–Crippen LogP) is 3.82. The fraction of sp³-hybridized carbons (Fsp3) is 0.350. The molecule has 0 bridgehead atoms. The van der Waals surface area contributed by atoms with Gasteiger partial charge in [-0.2, -0.15) is 5.06 Å². The molecule has 0 heterocycles. The van der Waals surface area contributed by atoms with Gasteiger partial charge in [-0.1, -0.05) is 25.1 Å². The number of hydrogen-bond donors (Lipinski definition) is 2. The van der Waals surface area contributed by atoms with Crippen LogP contribution in [-0.2, 0) is 18.0 Å². The number of rotatable bonds is 6. The molecule has 0 atom stereocenters. The zero-order chi connectivity index (χ0) is 18.6. The van der Waals surface area contributed by atoms with Crippen molar-refractivity contribution in [3.63, 3.8) is 0 Å². The topological polar surface area (TPSA) is 70.0 Å². The fourth-order valence-corrected chi connectivity index (χ4v) is 2.66. The minimum absolute atomic E-state index is 0.142. The third kappa shape index (κ3) is 4.18. The Labute approximate surface area is 148 Å². The van der Waals surface area contributed by atoms with E-state index < -0.39 is 5.91 Å². The second-order valence-electron chi connectivity index (χ2n) is 6.12. The van der Waals surface area contributed by atoms with Crippen molar-refractivity contribution >= 4 is 11.6 Å². The maximum Gasteiger partial charge on any atom is 0.250 e. The van der Waals surface area contributed by atoms with E-state index >= 15 is 0 Å². The molecule has 1 amide bonds. The number of carbonyl (C=O) groups excluding carboxylic acids is 1. The molecule has 0 fully saturated rings. The SMILES string of the molecule is CCC(=O)N(O)c1cccc(CO)c1COc1cc(C)c(C)cc1C. The van der Waals surface area contributed by atoms with Gasteiger partial charge >= 0.3 is 0 Å². The number of aliphatic hydroxyl groups excluding tert-OH is 1. The van der Waals surface area contributed by atoms with Gasteiger partial charge in [-0.25, -0.2) is 0 Å². The molecule has 0 unspecified atom stereocenters. The van der Waals surface area contributed by atoms with Gasteiger partial charge in [0.1, 0.15) is 12.4 Å². The van der Waals surface area contributed by atoms with Gasteiger partial charge in [-0.05, 0) is 55.2 Å². The Morgan fingerprint density at radius 1 is 1.12 bits per heavy atom. The summed E-state index contributed by atoms with van der Waals surface area (Å²) in [6, 6.07) is 9.11. The van der Waals surface area contributed by atoms with Gasteiger partial charge in [0, 0.05) is 12.0 Å². The van der Waals surface area contributed by atoms with E-state index in [0.29, 0.717) is 21.9 Å². The van der Waals surface area contributed by atoms with E-state index in [-0.39, 0.29) is 19.6 Å². The fourth-order valence-electron chi connectivity index (χ4n) is 2.66. The van der Waals surface area contributed by atoms with Crippen LogP contribution >= 0.6 is 0 Å². The molecule has 2 rings (SSSR count). The summed E-state index contributed by atoms with van der Waals surface area (Å²) >= 11 is 0. The van der Waals surface area contributed by atoms with Gasteiger partial charge in [0.25, 0.3) is 0 Å². The zero-order valence-corrected chi connectivity index (χ0v) is 15.2. The molecule has 134 valence electrons. The van der Waals surface area contributed by atoms with Crippen LogP contribution in [0.15, 0.2) is 30.3 Å². The van der Waals surface area contributed by atoms with Crippen LogP contribution in [0.25, 0.3) is 0 Å². The summed E-state index contributed by atoms with van der Waals surface area (Å²) in [4.78, 5) is 11.8. The number of benzene rings is 2.